The number of nitrogens with zero attached hydrogens (tertiary/aromatic N) is 5. The Bertz CT molecular complexity index is 1740. The van der Waals surface area contributed by atoms with Crippen LogP contribution < -0.4 is 19.7 Å². The molecule has 2 aliphatic rings. The van der Waals surface area contributed by atoms with Gasteiger partial charge in [-0.25, -0.2) is 4.98 Å². The molecule has 1 atom stereocenters. The average Bonchev–Trinajstić information content (AvgIpc) is 3.47. The third-order valence-corrected chi connectivity index (χ3v) is 11.2. The van der Waals surface area contributed by atoms with Crippen LogP contribution in [0.5, 0.6) is 11.6 Å². The molecule has 4 heterocycles. The Labute approximate surface area is 263 Å². The van der Waals surface area contributed by atoms with Gasteiger partial charge in [-0.2, -0.15) is 10.4 Å². The topological polar surface area (TPSA) is 122 Å². The highest BCUT2D eigenvalue weighted by Crippen LogP contribution is 2.55. The highest BCUT2D eigenvalue weighted by Gasteiger charge is 2.39. The summed E-state index contributed by atoms with van der Waals surface area (Å²) in [7, 11) is 3.07. The molecule has 0 radical (unpaired) electrons. The molecular formula is C32H30N6O4S2. The van der Waals surface area contributed by atoms with E-state index in [0.29, 0.717) is 29.6 Å². The number of pyridine rings is 1. The van der Waals surface area contributed by atoms with Gasteiger partial charge >= 0.3 is 0 Å². The summed E-state index contributed by atoms with van der Waals surface area (Å²) in [5.41, 5.74) is 4.12. The Morgan fingerprint density at radius 2 is 1.80 bits per heavy atom. The average molecular weight is 627 g/mol. The summed E-state index contributed by atoms with van der Waals surface area (Å²) in [6, 6.07) is 18.6. The third-order valence-electron chi connectivity index (χ3n) is 7.72. The molecule has 0 saturated carbocycles. The SMILES string of the molecule is COc1ccc(C2(c3ccc(N4C(=O)c5c(NC(=O)c6ccc(OC)c(C#N)c6)cnn5CC4C)cc3)SCCCS2)cn1. The van der Waals surface area contributed by atoms with Crippen LogP contribution in [0.25, 0.3) is 0 Å². The van der Waals surface area contributed by atoms with Crippen molar-refractivity contribution < 1.29 is 19.1 Å². The molecule has 2 aromatic carbocycles. The molecule has 0 spiro atoms. The summed E-state index contributed by atoms with van der Waals surface area (Å²) in [6.45, 7) is 2.44. The molecular weight excluding hydrogens is 597 g/mol. The number of nitrogens with one attached hydrogen (secondary N) is 1. The van der Waals surface area contributed by atoms with E-state index in [9.17, 15) is 14.9 Å². The van der Waals surface area contributed by atoms with Gasteiger partial charge in [-0.3, -0.25) is 14.3 Å². The molecule has 2 amide bonds. The van der Waals surface area contributed by atoms with E-state index < -0.39 is 5.91 Å². The Morgan fingerprint density at radius 1 is 1.05 bits per heavy atom. The number of amides is 2. The smallest absolute Gasteiger partial charge is 0.279 e. The zero-order valence-corrected chi connectivity index (χ0v) is 26.1. The van der Waals surface area contributed by atoms with Gasteiger partial charge in [0.2, 0.25) is 5.88 Å². The molecule has 224 valence electrons. The van der Waals surface area contributed by atoms with Gasteiger partial charge in [-0.15, -0.1) is 23.5 Å². The number of nitriles is 1. The lowest BCUT2D eigenvalue weighted by Gasteiger charge is -2.38. The van der Waals surface area contributed by atoms with Crippen LogP contribution in [-0.4, -0.2) is 58.3 Å². The number of carbonyl (C=O) groups is 2. The van der Waals surface area contributed by atoms with Gasteiger partial charge in [-0.1, -0.05) is 12.1 Å². The van der Waals surface area contributed by atoms with Crippen LogP contribution in [0.3, 0.4) is 0 Å². The minimum atomic E-state index is -0.455. The largest absolute Gasteiger partial charge is 0.495 e. The number of methoxy groups -OCH3 is 2. The molecule has 1 saturated heterocycles. The van der Waals surface area contributed by atoms with Crippen molar-refractivity contribution in [1.29, 1.82) is 5.26 Å². The van der Waals surface area contributed by atoms with Gasteiger partial charge in [-0.05, 0) is 66.8 Å². The fraction of sp³-hybridized carbons (Fsp3) is 0.281. The summed E-state index contributed by atoms with van der Waals surface area (Å²) >= 11 is 3.80. The predicted octanol–water partition coefficient (Wildman–Crippen LogP) is 5.54. The minimum absolute atomic E-state index is 0.165. The summed E-state index contributed by atoms with van der Waals surface area (Å²) < 4.78 is 11.8. The zero-order chi connectivity index (χ0) is 30.8. The number of anilines is 2. The third kappa shape index (κ3) is 5.27. The summed E-state index contributed by atoms with van der Waals surface area (Å²) in [4.78, 5) is 33.3. The summed E-state index contributed by atoms with van der Waals surface area (Å²) in [5, 5.41) is 16.6. The monoisotopic (exact) mass is 626 g/mol. The van der Waals surface area contributed by atoms with E-state index in [2.05, 4.69) is 33.6 Å². The molecule has 0 aliphatic carbocycles. The van der Waals surface area contributed by atoms with Crippen LogP contribution >= 0.6 is 23.5 Å². The van der Waals surface area contributed by atoms with Crippen molar-refractivity contribution in [3.63, 3.8) is 0 Å². The number of hydrogen-bond acceptors (Lipinski definition) is 9. The molecule has 10 nitrogen and oxygen atoms in total. The number of benzene rings is 2. The van der Waals surface area contributed by atoms with E-state index in [4.69, 9.17) is 9.47 Å². The van der Waals surface area contributed by atoms with Crippen molar-refractivity contribution in [3.8, 4) is 17.7 Å². The molecule has 12 heteroatoms. The summed E-state index contributed by atoms with van der Waals surface area (Å²) in [5.74, 6) is 2.32. The van der Waals surface area contributed by atoms with Crippen LogP contribution in [0.1, 0.15) is 50.9 Å². The molecule has 2 aliphatic heterocycles. The van der Waals surface area contributed by atoms with Gasteiger partial charge in [0.25, 0.3) is 11.8 Å². The van der Waals surface area contributed by atoms with E-state index in [1.165, 1.54) is 19.4 Å². The fourth-order valence-corrected chi connectivity index (χ4v) is 8.91. The van der Waals surface area contributed by atoms with E-state index in [1.807, 2.05) is 60.9 Å². The van der Waals surface area contributed by atoms with Gasteiger partial charge in [0.15, 0.2) is 0 Å². The number of ether oxygens (including phenoxy) is 2. The molecule has 0 bridgehead atoms. The number of carbonyl (C=O) groups excluding carboxylic acids is 2. The van der Waals surface area contributed by atoms with E-state index in [1.54, 1.807) is 28.8 Å². The maximum absolute atomic E-state index is 14.0. The Morgan fingerprint density at radius 3 is 2.45 bits per heavy atom. The molecule has 6 rings (SSSR count). The summed E-state index contributed by atoms with van der Waals surface area (Å²) in [6.07, 6.45) is 4.52. The minimum Gasteiger partial charge on any atom is -0.495 e. The lowest BCUT2D eigenvalue weighted by atomic mass is 10.0. The Balaban J connectivity index is 1.27. The molecule has 44 heavy (non-hydrogen) atoms. The second kappa shape index (κ2) is 12.3. The maximum Gasteiger partial charge on any atom is 0.279 e. The standard InChI is InChI=1S/C32H30N6O4S2/c1-20-19-37-29(26(18-35-37)36-30(39)21-5-11-27(41-2)22(15-21)16-33)31(40)38(20)25-9-6-23(7-10-25)32(43-13-4-14-44-32)24-8-12-28(42-3)34-17-24/h5-12,15,17-18,20H,4,13-14,19H2,1-3H3,(H,36,39). The highest BCUT2D eigenvalue weighted by molar-refractivity contribution is 8.18. The lowest BCUT2D eigenvalue weighted by molar-refractivity contribution is 0.0948. The first-order chi connectivity index (χ1) is 21.4. The van der Waals surface area contributed by atoms with Crippen molar-refractivity contribution in [1.82, 2.24) is 14.8 Å². The number of aromatic nitrogens is 3. The number of rotatable bonds is 7. The predicted molar refractivity (Wildman–Crippen MR) is 172 cm³/mol. The van der Waals surface area contributed by atoms with Gasteiger partial charge < -0.3 is 19.7 Å². The first kappa shape index (κ1) is 29.6. The van der Waals surface area contributed by atoms with E-state index in [-0.39, 0.29) is 27.2 Å². The van der Waals surface area contributed by atoms with Crippen molar-refractivity contribution in [2.24, 2.45) is 0 Å². The molecule has 1 N–H and O–H groups in total. The van der Waals surface area contributed by atoms with Crippen LogP contribution in [0.15, 0.2) is 67.0 Å². The van der Waals surface area contributed by atoms with Crippen LogP contribution in [0, 0.1) is 11.3 Å². The first-order valence-electron chi connectivity index (χ1n) is 14.1. The van der Waals surface area contributed by atoms with Crippen molar-refractivity contribution >= 4 is 46.7 Å². The van der Waals surface area contributed by atoms with Gasteiger partial charge in [0, 0.05) is 29.1 Å². The maximum atomic E-state index is 14.0. The second-order valence-corrected chi connectivity index (χ2v) is 13.3. The molecule has 2 aromatic heterocycles. The first-order valence-corrected chi connectivity index (χ1v) is 16.0. The molecule has 1 unspecified atom stereocenters. The molecule has 4 aromatic rings. The van der Waals surface area contributed by atoms with E-state index in [0.717, 1.165) is 34.7 Å². The van der Waals surface area contributed by atoms with Crippen molar-refractivity contribution in [3.05, 3.63) is 94.9 Å². The normalized spacial score (nSPS) is 17.4. The van der Waals surface area contributed by atoms with Gasteiger partial charge in [0.1, 0.15) is 21.6 Å². The van der Waals surface area contributed by atoms with Gasteiger partial charge in [0.05, 0.1) is 44.3 Å². The number of hydrogen-bond donors (Lipinski definition) is 1. The van der Waals surface area contributed by atoms with E-state index >= 15 is 0 Å². The van der Waals surface area contributed by atoms with Crippen LogP contribution in [-0.2, 0) is 10.6 Å². The molecule has 1 fully saturated rings. The zero-order valence-electron chi connectivity index (χ0n) is 24.4. The Kier molecular flexibility index (Phi) is 8.25. The number of fused-ring (bicyclic) bond motifs is 1. The quantitative estimate of drug-likeness (QED) is 0.282. The van der Waals surface area contributed by atoms with Crippen LogP contribution in [0.4, 0.5) is 11.4 Å². The fourth-order valence-electron chi connectivity index (χ4n) is 5.56. The highest BCUT2D eigenvalue weighted by atomic mass is 32.2. The van der Waals surface area contributed by atoms with Crippen molar-refractivity contribution in [2.45, 2.75) is 30.0 Å². The van der Waals surface area contributed by atoms with Crippen molar-refractivity contribution in [2.75, 3.05) is 35.9 Å². The second-order valence-electron chi connectivity index (χ2n) is 10.4. The number of thioether (sulfide) groups is 2. The van der Waals surface area contributed by atoms with Crippen LogP contribution in [0.2, 0.25) is 0 Å². The lowest BCUT2D eigenvalue weighted by Crippen LogP contribution is -2.47. The Hall–Kier alpha value is -4.47.